The molecule has 0 aliphatic rings. The van der Waals surface area contributed by atoms with E-state index in [1.165, 1.54) is 0 Å². The van der Waals surface area contributed by atoms with Crippen molar-refractivity contribution in [1.29, 1.82) is 0 Å². The van der Waals surface area contributed by atoms with E-state index in [2.05, 4.69) is 15.0 Å². The average molecular weight is 307 g/mol. The first-order chi connectivity index (χ1) is 10.1. The normalized spacial score (nSPS) is 10.9. The third-order valence-corrected chi connectivity index (χ3v) is 3.22. The topological polar surface area (TPSA) is 101 Å². The molecule has 3 aromatic rings. The third-order valence-electron chi connectivity index (χ3n) is 2.97. The molecule has 0 saturated heterocycles. The number of aromatic amines is 2. The first-order valence-electron chi connectivity index (χ1n) is 6.28. The molecule has 4 N–H and O–H groups in total. The lowest BCUT2D eigenvalue weighted by atomic mass is 10.3. The summed E-state index contributed by atoms with van der Waals surface area (Å²) in [7, 11) is 0. The number of halogens is 1. The van der Waals surface area contributed by atoms with Crippen LogP contribution in [-0.2, 0) is 6.54 Å². The van der Waals surface area contributed by atoms with Crippen LogP contribution < -0.4 is 20.6 Å². The van der Waals surface area contributed by atoms with Gasteiger partial charge in [0.2, 0.25) is 12.3 Å². The molecule has 0 amide bonds. The van der Waals surface area contributed by atoms with Crippen molar-refractivity contribution >= 4 is 28.7 Å². The molecule has 108 valence electrons. The van der Waals surface area contributed by atoms with E-state index in [0.717, 1.165) is 5.75 Å². The van der Waals surface area contributed by atoms with Crippen LogP contribution in [-0.4, -0.2) is 21.6 Å². The fourth-order valence-corrected chi connectivity index (χ4v) is 2.15. The number of ether oxygens (including phenoxy) is 1. The molecule has 0 aliphatic carbocycles. The van der Waals surface area contributed by atoms with E-state index in [-0.39, 0.29) is 11.5 Å². The van der Waals surface area contributed by atoms with Crippen LogP contribution in [0.25, 0.3) is 11.2 Å². The number of fused-ring (bicyclic) bond motifs is 1. The Balaban J connectivity index is 1.74. The molecular formula is C13H13ClN5O2+. The number of rotatable bonds is 4. The molecule has 0 fully saturated rings. The summed E-state index contributed by atoms with van der Waals surface area (Å²) in [5.74, 6) is 0.801. The molecule has 0 bridgehead atoms. The van der Waals surface area contributed by atoms with Gasteiger partial charge in [-0.15, -0.1) is 0 Å². The fraction of sp³-hybridized carbons (Fsp3) is 0.154. The maximum Gasteiger partial charge on any atom is 0.304 e. The monoisotopic (exact) mass is 306 g/mol. The van der Waals surface area contributed by atoms with Gasteiger partial charge < -0.3 is 10.5 Å². The number of H-pyrrole nitrogens is 2. The molecule has 2 aromatic heterocycles. The number of aromatic nitrogens is 4. The van der Waals surface area contributed by atoms with Gasteiger partial charge in [-0.05, 0) is 24.3 Å². The highest BCUT2D eigenvalue weighted by atomic mass is 35.5. The molecule has 0 radical (unpaired) electrons. The van der Waals surface area contributed by atoms with Crippen molar-refractivity contribution in [3.63, 3.8) is 0 Å². The highest BCUT2D eigenvalue weighted by Crippen LogP contribution is 2.15. The Kier molecular flexibility index (Phi) is 3.49. The first kappa shape index (κ1) is 13.4. The van der Waals surface area contributed by atoms with Crippen LogP contribution >= 0.6 is 11.6 Å². The zero-order valence-corrected chi connectivity index (χ0v) is 11.7. The molecule has 7 nitrogen and oxygen atoms in total. The van der Waals surface area contributed by atoms with Gasteiger partial charge in [-0.3, -0.25) is 9.78 Å². The predicted molar refractivity (Wildman–Crippen MR) is 78.3 cm³/mol. The summed E-state index contributed by atoms with van der Waals surface area (Å²) in [6.07, 6.45) is 1.66. The second-order valence-electron chi connectivity index (χ2n) is 4.42. The van der Waals surface area contributed by atoms with E-state index in [0.29, 0.717) is 29.3 Å². The zero-order chi connectivity index (χ0) is 14.8. The highest BCUT2D eigenvalue weighted by Gasteiger charge is 2.15. The molecule has 1 aromatic carbocycles. The Bertz CT molecular complexity index is 825. The van der Waals surface area contributed by atoms with Crippen LogP contribution in [0.2, 0.25) is 5.02 Å². The van der Waals surface area contributed by atoms with E-state index in [1.807, 2.05) is 0 Å². The lowest BCUT2D eigenvalue weighted by molar-refractivity contribution is -0.672. The summed E-state index contributed by atoms with van der Waals surface area (Å²) >= 11 is 5.80. The minimum Gasteiger partial charge on any atom is -0.489 e. The molecule has 8 heteroatoms. The quantitative estimate of drug-likeness (QED) is 0.622. The number of hydrogen-bond acceptors (Lipinski definition) is 4. The second kappa shape index (κ2) is 5.45. The molecule has 3 rings (SSSR count). The zero-order valence-electron chi connectivity index (χ0n) is 11.0. The van der Waals surface area contributed by atoms with Crippen molar-refractivity contribution in [2.24, 2.45) is 0 Å². The van der Waals surface area contributed by atoms with Crippen molar-refractivity contribution in [3.8, 4) is 5.75 Å². The minimum absolute atomic E-state index is 0.0823. The van der Waals surface area contributed by atoms with Crippen molar-refractivity contribution in [1.82, 2.24) is 15.0 Å². The molecule has 21 heavy (non-hydrogen) atoms. The smallest absolute Gasteiger partial charge is 0.304 e. The van der Waals surface area contributed by atoms with Crippen LogP contribution in [0, 0.1) is 0 Å². The summed E-state index contributed by atoms with van der Waals surface area (Å²) in [5.41, 5.74) is 6.09. The van der Waals surface area contributed by atoms with E-state index < -0.39 is 0 Å². The Morgan fingerprint density at radius 3 is 2.86 bits per heavy atom. The van der Waals surface area contributed by atoms with Crippen molar-refractivity contribution in [2.75, 3.05) is 12.3 Å². The van der Waals surface area contributed by atoms with Crippen LogP contribution in [0.15, 0.2) is 35.4 Å². The van der Waals surface area contributed by atoms with Crippen LogP contribution in [0.3, 0.4) is 0 Å². The lowest BCUT2D eigenvalue weighted by Crippen LogP contribution is -2.38. The Morgan fingerprint density at radius 2 is 2.10 bits per heavy atom. The summed E-state index contributed by atoms with van der Waals surface area (Å²) < 4.78 is 7.33. The number of nitrogen functional groups attached to an aromatic ring is 1. The van der Waals surface area contributed by atoms with Gasteiger partial charge in [-0.2, -0.15) is 4.98 Å². The van der Waals surface area contributed by atoms with Gasteiger partial charge in [-0.25, -0.2) is 9.55 Å². The van der Waals surface area contributed by atoms with Gasteiger partial charge >= 0.3 is 5.56 Å². The fourth-order valence-electron chi connectivity index (χ4n) is 2.02. The van der Waals surface area contributed by atoms with Crippen molar-refractivity contribution < 1.29 is 9.30 Å². The third kappa shape index (κ3) is 2.82. The molecular weight excluding hydrogens is 294 g/mol. The van der Waals surface area contributed by atoms with Gasteiger partial charge in [0.15, 0.2) is 0 Å². The van der Waals surface area contributed by atoms with Gasteiger partial charge in [0, 0.05) is 5.02 Å². The molecule has 0 spiro atoms. The molecule has 0 atom stereocenters. The Morgan fingerprint density at radius 1 is 1.33 bits per heavy atom. The summed E-state index contributed by atoms with van der Waals surface area (Å²) in [4.78, 5) is 21.3. The van der Waals surface area contributed by atoms with Gasteiger partial charge in [-0.1, -0.05) is 11.6 Å². The maximum absolute atomic E-state index is 11.9. The Labute approximate surface area is 124 Å². The van der Waals surface area contributed by atoms with E-state index in [9.17, 15) is 4.79 Å². The SMILES string of the molecule is Nc1nc2[nH]c[n+](CCOc3ccc(Cl)cc3)c2c(=O)[nH]1. The van der Waals surface area contributed by atoms with Crippen LogP contribution in [0.5, 0.6) is 5.75 Å². The summed E-state index contributed by atoms with van der Waals surface area (Å²) in [5, 5.41) is 0.656. The van der Waals surface area contributed by atoms with Gasteiger partial charge in [0.05, 0.1) is 0 Å². The molecule has 0 aliphatic heterocycles. The lowest BCUT2D eigenvalue weighted by Gasteiger charge is -2.04. The highest BCUT2D eigenvalue weighted by molar-refractivity contribution is 6.30. The number of nitrogens with two attached hydrogens (primary N) is 1. The van der Waals surface area contributed by atoms with Crippen LogP contribution in [0.1, 0.15) is 0 Å². The number of anilines is 1. The number of hydrogen-bond donors (Lipinski definition) is 3. The molecule has 0 saturated carbocycles. The average Bonchev–Trinajstić information content (AvgIpc) is 2.84. The van der Waals surface area contributed by atoms with E-state index in [1.54, 1.807) is 35.2 Å². The van der Waals surface area contributed by atoms with Gasteiger partial charge in [0.25, 0.3) is 11.2 Å². The second-order valence-corrected chi connectivity index (χ2v) is 4.85. The predicted octanol–water partition coefficient (Wildman–Crippen LogP) is 0.853. The number of nitrogens with zero attached hydrogens (tertiary/aromatic N) is 2. The van der Waals surface area contributed by atoms with Crippen molar-refractivity contribution in [3.05, 3.63) is 46.0 Å². The Hall–Kier alpha value is -2.54. The van der Waals surface area contributed by atoms with E-state index in [4.69, 9.17) is 22.1 Å². The molecule has 0 unspecified atom stereocenters. The number of nitrogens with one attached hydrogen (secondary N) is 2. The standard InChI is InChI=1S/C13H12ClN5O2/c14-8-1-3-9(4-2-8)21-6-5-19-7-16-11-10(19)12(20)18-13(15)17-11/h1-4,7H,5-6H2,(H3,15,17,18,20)/p+1. The number of benzene rings is 1. The number of imidazole rings is 1. The maximum atomic E-state index is 11.9. The van der Waals surface area contributed by atoms with Crippen molar-refractivity contribution in [2.45, 2.75) is 6.54 Å². The molecule has 2 heterocycles. The minimum atomic E-state index is -0.287. The first-order valence-corrected chi connectivity index (χ1v) is 6.66. The summed E-state index contributed by atoms with van der Waals surface area (Å²) in [6.45, 7) is 0.903. The van der Waals surface area contributed by atoms with E-state index >= 15 is 0 Å². The largest absolute Gasteiger partial charge is 0.489 e. The van der Waals surface area contributed by atoms with Crippen LogP contribution in [0.4, 0.5) is 5.95 Å². The summed E-state index contributed by atoms with van der Waals surface area (Å²) in [6, 6.07) is 7.09. The van der Waals surface area contributed by atoms with Gasteiger partial charge in [0.1, 0.15) is 18.9 Å².